The number of nitrogens with one attached hydrogen (secondary N) is 1. The van der Waals surface area contributed by atoms with Crippen LogP contribution in [-0.4, -0.2) is 43.8 Å². The van der Waals surface area contributed by atoms with E-state index in [2.05, 4.69) is 5.32 Å². The average molecular weight is 605 g/mol. The molecule has 2 amide bonds. The number of aryl methyl sites for hydroxylation is 1. The topological polar surface area (TPSA) is 86.8 Å². The van der Waals surface area contributed by atoms with E-state index in [1.54, 1.807) is 61.5 Å². The minimum absolute atomic E-state index is 0.0265. The fourth-order valence-electron chi connectivity index (χ4n) is 4.25. The molecule has 0 fully saturated rings. The number of anilines is 1. The number of carbonyl (C=O) groups is 2. The SMILES string of the molecule is CC[C@H](C)NC(=O)[C@H](CC)N(Cc1ccccc1Cl)C(=O)CN(c1cc(Cl)ccc1C)S(=O)(=O)c1ccccc1. The first-order chi connectivity index (χ1) is 19.0. The number of benzene rings is 3. The van der Waals surface area contributed by atoms with Crippen LogP contribution in [0.4, 0.5) is 5.69 Å². The molecule has 0 spiro atoms. The highest BCUT2D eigenvalue weighted by Crippen LogP contribution is 2.30. The minimum atomic E-state index is -4.18. The van der Waals surface area contributed by atoms with Crippen molar-refractivity contribution in [1.82, 2.24) is 10.2 Å². The third-order valence-electron chi connectivity index (χ3n) is 6.74. The van der Waals surface area contributed by atoms with Gasteiger partial charge in [0, 0.05) is 22.6 Å². The summed E-state index contributed by atoms with van der Waals surface area (Å²) in [5.74, 6) is -0.862. The molecule has 0 saturated heterocycles. The minimum Gasteiger partial charge on any atom is -0.352 e. The van der Waals surface area contributed by atoms with Gasteiger partial charge >= 0.3 is 0 Å². The zero-order valence-corrected chi connectivity index (χ0v) is 25.4. The lowest BCUT2D eigenvalue weighted by Crippen LogP contribution is -2.53. The van der Waals surface area contributed by atoms with Gasteiger partial charge < -0.3 is 10.2 Å². The molecule has 0 radical (unpaired) electrons. The third-order valence-corrected chi connectivity index (χ3v) is 9.11. The van der Waals surface area contributed by atoms with Crippen molar-refractivity contribution in [1.29, 1.82) is 0 Å². The van der Waals surface area contributed by atoms with Crippen LogP contribution < -0.4 is 9.62 Å². The van der Waals surface area contributed by atoms with Crippen LogP contribution in [0.2, 0.25) is 10.0 Å². The highest BCUT2D eigenvalue weighted by Gasteiger charge is 2.34. The van der Waals surface area contributed by atoms with E-state index in [4.69, 9.17) is 23.2 Å². The van der Waals surface area contributed by atoms with Crippen molar-refractivity contribution < 1.29 is 18.0 Å². The predicted molar refractivity (Wildman–Crippen MR) is 161 cm³/mol. The Labute approximate surface area is 247 Å². The van der Waals surface area contributed by atoms with Crippen molar-refractivity contribution >= 4 is 50.7 Å². The van der Waals surface area contributed by atoms with E-state index in [1.165, 1.54) is 23.1 Å². The molecule has 0 aromatic heterocycles. The molecular weight excluding hydrogens is 569 g/mol. The molecule has 0 aliphatic heterocycles. The molecule has 0 unspecified atom stereocenters. The van der Waals surface area contributed by atoms with Gasteiger partial charge in [-0.15, -0.1) is 0 Å². The van der Waals surface area contributed by atoms with Crippen LogP contribution in [0.5, 0.6) is 0 Å². The van der Waals surface area contributed by atoms with Gasteiger partial charge in [0.1, 0.15) is 12.6 Å². The Balaban J connectivity index is 2.10. The van der Waals surface area contributed by atoms with Gasteiger partial charge in [-0.2, -0.15) is 0 Å². The maximum absolute atomic E-state index is 14.1. The predicted octanol–water partition coefficient (Wildman–Crippen LogP) is 6.22. The normalized spacial score (nSPS) is 12.8. The average Bonchev–Trinajstić information content (AvgIpc) is 2.94. The van der Waals surface area contributed by atoms with Crippen LogP contribution in [-0.2, 0) is 26.2 Å². The second-order valence-corrected chi connectivity index (χ2v) is 12.3. The smallest absolute Gasteiger partial charge is 0.264 e. The van der Waals surface area contributed by atoms with Crippen LogP contribution in [0.25, 0.3) is 0 Å². The number of carbonyl (C=O) groups excluding carboxylic acids is 2. The Hall–Kier alpha value is -3.07. The van der Waals surface area contributed by atoms with Crippen LogP contribution in [0.1, 0.15) is 44.7 Å². The molecule has 1 N–H and O–H groups in total. The quantitative estimate of drug-likeness (QED) is 0.266. The molecule has 0 saturated carbocycles. The lowest BCUT2D eigenvalue weighted by atomic mass is 10.1. The lowest BCUT2D eigenvalue weighted by molar-refractivity contribution is -0.140. The highest BCUT2D eigenvalue weighted by molar-refractivity contribution is 7.92. The van der Waals surface area contributed by atoms with Gasteiger partial charge in [0.2, 0.25) is 11.8 Å². The molecule has 3 aromatic rings. The molecule has 10 heteroatoms. The van der Waals surface area contributed by atoms with Crippen LogP contribution >= 0.6 is 23.2 Å². The van der Waals surface area contributed by atoms with E-state index < -0.39 is 28.5 Å². The van der Waals surface area contributed by atoms with E-state index >= 15 is 0 Å². The van der Waals surface area contributed by atoms with Gasteiger partial charge in [-0.1, -0.05) is 79.5 Å². The summed E-state index contributed by atoms with van der Waals surface area (Å²) in [6.45, 7) is 6.89. The first-order valence-electron chi connectivity index (χ1n) is 13.2. The molecular formula is C30H35Cl2N3O4S. The molecule has 3 aromatic carbocycles. The van der Waals surface area contributed by atoms with Gasteiger partial charge in [0.05, 0.1) is 10.6 Å². The maximum Gasteiger partial charge on any atom is 0.264 e. The summed E-state index contributed by atoms with van der Waals surface area (Å²) in [6, 6.07) is 18.9. The van der Waals surface area contributed by atoms with E-state index in [0.29, 0.717) is 27.6 Å². The molecule has 0 bridgehead atoms. The van der Waals surface area contributed by atoms with Crippen LogP contribution in [0, 0.1) is 6.92 Å². The zero-order valence-electron chi connectivity index (χ0n) is 23.1. The number of nitrogens with zero attached hydrogens (tertiary/aromatic N) is 2. The largest absolute Gasteiger partial charge is 0.352 e. The fourth-order valence-corrected chi connectivity index (χ4v) is 6.11. The van der Waals surface area contributed by atoms with Gasteiger partial charge in [-0.3, -0.25) is 13.9 Å². The maximum atomic E-state index is 14.1. The molecule has 0 aliphatic carbocycles. The van der Waals surface area contributed by atoms with Crippen molar-refractivity contribution in [2.24, 2.45) is 0 Å². The van der Waals surface area contributed by atoms with Crippen LogP contribution in [0.15, 0.2) is 77.7 Å². The second-order valence-electron chi connectivity index (χ2n) is 9.61. The van der Waals surface area contributed by atoms with Crippen LogP contribution in [0.3, 0.4) is 0 Å². The Morgan fingerprint density at radius 1 is 0.925 bits per heavy atom. The number of hydrogen-bond donors (Lipinski definition) is 1. The number of hydrogen-bond acceptors (Lipinski definition) is 4. The zero-order chi connectivity index (χ0) is 29.4. The van der Waals surface area contributed by atoms with E-state index in [9.17, 15) is 18.0 Å². The summed E-state index contributed by atoms with van der Waals surface area (Å²) in [6.07, 6.45) is 1.04. The lowest BCUT2D eigenvalue weighted by Gasteiger charge is -2.34. The Morgan fingerprint density at radius 3 is 2.20 bits per heavy atom. The number of rotatable bonds is 12. The highest BCUT2D eigenvalue weighted by atomic mass is 35.5. The van der Waals surface area contributed by atoms with Gasteiger partial charge in [-0.05, 0) is 68.1 Å². The third kappa shape index (κ3) is 7.56. The first-order valence-corrected chi connectivity index (χ1v) is 15.4. The molecule has 3 rings (SSSR count). The monoisotopic (exact) mass is 603 g/mol. The van der Waals surface area contributed by atoms with Crippen molar-refractivity contribution in [3.8, 4) is 0 Å². The summed E-state index contributed by atoms with van der Waals surface area (Å²) < 4.78 is 28.9. The Kier molecular flexibility index (Phi) is 11.0. The molecule has 0 heterocycles. The fraction of sp³-hybridized carbons (Fsp3) is 0.333. The van der Waals surface area contributed by atoms with E-state index in [-0.39, 0.29) is 29.1 Å². The standard InChI is InChI=1S/C30H35Cl2N3O4S/c1-5-22(4)33-30(37)27(6-2)34(19-23-12-10-11-15-26(23)32)29(36)20-35(28-18-24(31)17-16-21(28)3)40(38,39)25-13-8-7-9-14-25/h7-18,22,27H,5-6,19-20H2,1-4H3,(H,33,37)/t22-,27-/m0/s1. The number of sulfonamides is 1. The number of halogens is 2. The van der Waals surface area contributed by atoms with E-state index in [1.807, 2.05) is 20.8 Å². The summed E-state index contributed by atoms with van der Waals surface area (Å²) in [4.78, 5) is 28.9. The summed E-state index contributed by atoms with van der Waals surface area (Å²) in [7, 11) is -4.18. The van der Waals surface area contributed by atoms with Gasteiger partial charge in [-0.25, -0.2) is 8.42 Å². The summed E-state index contributed by atoms with van der Waals surface area (Å²) in [5, 5.41) is 3.73. The Bertz CT molecular complexity index is 1430. The molecule has 0 aliphatic rings. The van der Waals surface area contributed by atoms with Crippen molar-refractivity contribution in [2.45, 2.75) is 64.1 Å². The molecule has 40 heavy (non-hydrogen) atoms. The first kappa shape index (κ1) is 31.5. The van der Waals surface area contributed by atoms with Gasteiger partial charge in [0.15, 0.2) is 0 Å². The second kappa shape index (κ2) is 14.0. The summed E-state index contributed by atoms with van der Waals surface area (Å²) in [5.41, 5.74) is 1.54. The Morgan fingerprint density at radius 2 is 1.57 bits per heavy atom. The summed E-state index contributed by atoms with van der Waals surface area (Å²) >= 11 is 12.7. The van der Waals surface area contributed by atoms with Crippen molar-refractivity contribution in [2.75, 3.05) is 10.8 Å². The van der Waals surface area contributed by atoms with Crippen molar-refractivity contribution in [3.63, 3.8) is 0 Å². The van der Waals surface area contributed by atoms with E-state index in [0.717, 1.165) is 10.7 Å². The molecule has 7 nitrogen and oxygen atoms in total. The molecule has 2 atom stereocenters. The van der Waals surface area contributed by atoms with Gasteiger partial charge in [0.25, 0.3) is 10.0 Å². The number of amides is 2. The van der Waals surface area contributed by atoms with Crippen molar-refractivity contribution in [3.05, 3.63) is 94.0 Å². The molecule has 214 valence electrons.